The van der Waals surface area contributed by atoms with Crippen molar-refractivity contribution >= 4 is 34.9 Å². The monoisotopic (exact) mass is 219 g/mol. The smallest absolute Gasteiger partial charge is 0.152 e. The third-order valence-electron chi connectivity index (χ3n) is 2.26. The van der Waals surface area contributed by atoms with Gasteiger partial charge in [0.05, 0.1) is 0 Å². The molecule has 1 heterocycles. The van der Waals surface area contributed by atoms with E-state index in [0.29, 0.717) is 11.4 Å². The fourth-order valence-electron chi connectivity index (χ4n) is 1.55. The second-order valence-corrected chi connectivity index (χ2v) is 3.53. The molecule has 3 heteroatoms. The summed E-state index contributed by atoms with van der Waals surface area (Å²) in [5, 5.41) is 0.952. The molecule has 0 fully saturated rings. The molecule has 2 rings (SSSR count). The standard InChI is InChI=1S/C12H10ClNO/c13-5-1-2-9-3-4-11-10(8-15)7-14-12(11)6-9/h1-4,6-8,14H,5H2. The van der Waals surface area contributed by atoms with Crippen LogP contribution in [0.5, 0.6) is 0 Å². The Balaban J connectivity index is 2.48. The van der Waals surface area contributed by atoms with E-state index in [1.807, 2.05) is 30.4 Å². The maximum atomic E-state index is 10.7. The number of aromatic nitrogens is 1. The number of carbonyl (C=O) groups excluding carboxylic acids is 1. The van der Waals surface area contributed by atoms with E-state index in [1.54, 1.807) is 6.20 Å². The number of H-pyrrole nitrogens is 1. The molecule has 2 aromatic rings. The van der Waals surface area contributed by atoms with E-state index in [4.69, 9.17) is 11.6 Å². The van der Waals surface area contributed by atoms with Gasteiger partial charge in [0.15, 0.2) is 6.29 Å². The Morgan fingerprint density at radius 3 is 3.00 bits per heavy atom. The van der Waals surface area contributed by atoms with Crippen molar-refractivity contribution in [2.24, 2.45) is 0 Å². The van der Waals surface area contributed by atoms with Crippen LogP contribution in [0.1, 0.15) is 15.9 Å². The molecule has 0 aliphatic heterocycles. The van der Waals surface area contributed by atoms with Gasteiger partial charge in [-0.25, -0.2) is 0 Å². The molecule has 0 bridgehead atoms. The summed E-state index contributed by atoms with van der Waals surface area (Å²) in [6.45, 7) is 0. The van der Waals surface area contributed by atoms with Gasteiger partial charge in [-0.1, -0.05) is 24.3 Å². The zero-order valence-electron chi connectivity index (χ0n) is 8.03. The van der Waals surface area contributed by atoms with Gasteiger partial charge in [-0.3, -0.25) is 4.79 Å². The lowest BCUT2D eigenvalue weighted by Gasteiger charge is -1.94. The Hall–Kier alpha value is -1.54. The predicted octanol–water partition coefficient (Wildman–Crippen LogP) is 3.23. The highest BCUT2D eigenvalue weighted by Crippen LogP contribution is 2.18. The minimum absolute atomic E-state index is 0.502. The molecule has 1 aromatic carbocycles. The van der Waals surface area contributed by atoms with Gasteiger partial charge in [-0.05, 0) is 11.6 Å². The molecule has 0 atom stereocenters. The first-order valence-corrected chi connectivity index (χ1v) is 5.17. The Bertz CT molecular complexity index is 513. The molecular formula is C12H10ClNO. The van der Waals surface area contributed by atoms with Crippen LogP contribution in [-0.4, -0.2) is 17.2 Å². The van der Waals surface area contributed by atoms with E-state index in [9.17, 15) is 4.79 Å². The van der Waals surface area contributed by atoms with Crippen LogP contribution in [-0.2, 0) is 0 Å². The van der Waals surface area contributed by atoms with Gasteiger partial charge in [-0.15, -0.1) is 11.6 Å². The van der Waals surface area contributed by atoms with Gasteiger partial charge in [0.2, 0.25) is 0 Å². The highest BCUT2D eigenvalue weighted by Gasteiger charge is 2.01. The average Bonchev–Trinajstić information content (AvgIpc) is 2.68. The molecule has 76 valence electrons. The number of hydrogen-bond acceptors (Lipinski definition) is 1. The predicted molar refractivity (Wildman–Crippen MR) is 63.4 cm³/mol. The Labute approximate surface area is 92.6 Å². The third-order valence-corrected chi connectivity index (χ3v) is 2.44. The molecule has 1 aromatic heterocycles. The highest BCUT2D eigenvalue weighted by atomic mass is 35.5. The van der Waals surface area contributed by atoms with E-state index in [1.165, 1.54) is 0 Å². The number of benzene rings is 1. The summed E-state index contributed by atoms with van der Waals surface area (Å²) in [5.74, 6) is 0.502. The SMILES string of the molecule is O=Cc1c[nH]c2cc(C=CCCl)ccc12. The largest absolute Gasteiger partial charge is 0.360 e. The number of rotatable bonds is 3. The van der Waals surface area contributed by atoms with Gasteiger partial charge in [0.25, 0.3) is 0 Å². The number of nitrogens with one attached hydrogen (secondary N) is 1. The van der Waals surface area contributed by atoms with Crippen molar-refractivity contribution < 1.29 is 4.79 Å². The molecule has 0 aliphatic carbocycles. The zero-order valence-corrected chi connectivity index (χ0v) is 8.79. The van der Waals surface area contributed by atoms with Crippen LogP contribution in [0.2, 0.25) is 0 Å². The minimum Gasteiger partial charge on any atom is -0.360 e. The molecule has 2 nitrogen and oxygen atoms in total. The number of alkyl halides is 1. The summed E-state index contributed by atoms with van der Waals surface area (Å²) >= 11 is 5.56. The third kappa shape index (κ3) is 1.95. The molecule has 0 amide bonds. The van der Waals surface area contributed by atoms with Crippen molar-refractivity contribution in [3.8, 4) is 0 Å². The van der Waals surface area contributed by atoms with Gasteiger partial charge in [-0.2, -0.15) is 0 Å². The minimum atomic E-state index is 0.502. The second-order valence-electron chi connectivity index (χ2n) is 3.22. The highest BCUT2D eigenvalue weighted by molar-refractivity contribution is 6.19. The number of aromatic amines is 1. The van der Waals surface area contributed by atoms with Crippen molar-refractivity contribution in [2.45, 2.75) is 0 Å². The number of fused-ring (bicyclic) bond motifs is 1. The fraction of sp³-hybridized carbons (Fsp3) is 0.0833. The Morgan fingerprint density at radius 2 is 2.27 bits per heavy atom. The van der Waals surface area contributed by atoms with Gasteiger partial charge in [0.1, 0.15) is 0 Å². The molecule has 1 N–H and O–H groups in total. The quantitative estimate of drug-likeness (QED) is 0.624. The maximum absolute atomic E-state index is 10.7. The number of carbonyl (C=O) groups is 1. The van der Waals surface area contributed by atoms with Crippen LogP contribution >= 0.6 is 11.6 Å². The molecule has 0 aliphatic rings. The lowest BCUT2D eigenvalue weighted by Crippen LogP contribution is -1.76. The van der Waals surface area contributed by atoms with Crippen LogP contribution in [0.15, 0.2) is 30.5 Å². The first-order valence-electron chi connectivity index (χ1n) is 4.64. The Morgan fingerprint density at radius 1 is 1.40 bits per heavy atom. The number of halogens is 1. The van der Waals surface area contributed by atoms with Gasteiger partial charge >= 0.3 is 0 Å². The van der Waals surface area contributed by atoms with Crippen molar-refractivity contribution in [3.05, 3.63) is 41.6 Å². The molecule has 15 heavy (non-hydrogen) atoms. The van der Waals surface area contributed by atoms with Crippen molar-refractivity contribution in [2.75, 3.05) is 5.88 Å². The van der Waals surface area contributed by atoms with Crippen molar-refractivity contribution in [1.29, 1.82) is 0 Å². The summed E-state index contributed by atoms with van der Waals surface area (Å²) in [5.41, 5.74) is 2.73. The van der Waals surface area contributed by atoms with Gasteiger partial charge in [0, 0.05) is 28.5 Å². The van der Waals surface area contributed by atoms with Crippen molar-refractivity contribution in [1.82, 2.24) is 4.98 Å². The summed E-state index contributed by atoms with van der Waals surface area (Å²) in [7, 11) is 0. The first-order chi connectivity index (χ1) is 7.35. The fourth-order valence-corrected chi connectivity index (χ4v) is 1.64. The topological polar surface area (TPSA) is 32.9 Å². The van der Waals surface area contributed by atoms with Crippen molar-refractivity contribution in [3.63, 3.8) is 0 Å². The number of hydrogen-bond donors (Lipinski definition) is 1. The second kappa shape index (κ2) is 4.32. The Kier molecular flexibility index (Phi) is 2.88. The van der Waals surface area contributed by atoms with Gasteiger partial charge < -0.3 is 4.98 Å². The molecule has 0 saturated heterocycles. The maximum Gasteiger partial charge on any atom is 0.152 e. The van der Waals surface area contributed by atoms with Crippen LogP contribution in [0.4, 0.5) is 0 Å². The number of aldehydes is 1. The van der Waals surface area contributed by atoms with Crippen LogP contribution in [0, 0.1) is 0 Å². The molecule has 0 saturated carbocycles. The first kappa shape index (κ1) is 9.99. The molecular weight excluding hydrogens is 210 g/mol. The zero-order chi connectivity index (χ0) is 10.7. The summed E-state index contributed by atoms with van der Waals surface area (Å²) < 4.78 is 0. The van der Waals surface area contributed by atoms with E-state index >= 15 is 0 Å². The summed E-state index contributed by atoms with van der Waals surface area (Å²) in [6, 6.07) is 5.89. The van der Waals surface area contributed by atoms with E-state index < -0.39 is 0 Å². The van der Waals surface area contributed by atoms with Crippen LogP contribution in [0.3, 0.4) is 0 Å². The molecule has 0 unspecified atom stereocenters. The lowest BCUT2D eigenvalue weighted by molar-refractivity contribution is 0.112. The van der Waals surface area contributed by atoms with Crippen LogP contribution in [0.25, 0.3) is 17.0 Å². The number of allylic oxidation sites excluding steroid dienone is 1. The molecule has 0 spiro atoms. The van der Waals surface area contributed by atoms with E-state index in [-0.39, 0.29) is 0 Å². The molecule has 0 radical (unpaired) electrons. The normalized spacial score (nSPS) is 11.3. The van der Waals surface area contributed by atoms with E-state index in [2.05, 4.69) is 4.98 Å². The average molecular weight is 220 g/mol. The summed E-state index contributed by atoms with van der Waals surface area (Å²) in [6.07, 6.45) is 6.40. The summed E-state index contributed by atoms with van der Waals surface area (Å²) in [4.78, 5) is 13.7. The lowest BCUT2D eigenvalue weighted by atomic mass is 10.1. The van der Waals surface area contributed by atoms with E-state index in [0.717, 1.165) is 22.8 Å². The van der Waals surface area contributed by atoms with Crippen LogP contribution < -0.4 is 0 Å².